The summed E-state index contributed by atoms with van der Waals surface area (Å²) < 4.78 is 4.91. The molecule has 10 heteroatoms. The molecule has 1 aliphatic heterocycles. The highest BCUT2D eigenvalue weighted by Crippen LogP contribution is 2.27. The molecule has 1 aromatic heterocycles. The molecule has 26 heavy (non-hydrogen) atoms. The number of furan rings is 1. The van der Waals surface area contributed by atoms with Gasteiger partial charge < -0.3 is 4.42 Å². The fraction of sp³-hybridized carbons (Fsp3) is 0.0625. The number of barbiturate groups is 1. The molecule has 1 saturated heterocycles. The molecule has 0 atom stereocenters. The summed E-state index contributed by atoms with van der Waals surface area (Å²) in [6, 6.07) is 5.93. The van der Waals surface area contributed by atoms with Crippen LogP contribution >= 0.6 is 11.6 Å². The van der Waals surface area contributed by atoms with Crippen molar-refractivity contribution >= 4 is 47.1 Å². The molecule has 9 nitrogen and oxygen atoms in total. The number of amides is 4. The lowest BCUT2D eigenvalue weighted by molar-refractivity contribution is -0.402. The van der Waals surface area contributed by atoms with Gasteiger partial charge in [0.25, 0.3) is 11.8 Å². The second kappa shape index (κ2) is 6.45. The summed E-state index contributed by atoms with van der Waals surface area (Å²) in [6.07, 6.45) is 1.03. The highest BCUT2D eigenvalue weighted by Gasteiger charge is 2.37. The van der Waals surface area contributed by atoms with E-state index in [0.717, 1.165) is 22.6 Å². The van der Waals surface area contributed by atoms with Crippen molar-refractivity contribution in [3.63, 3.8) is 0 Å². The van der Waals surface area contributed by atoms with Crippen molar-refractivity contribution in [2.24, 2.45) is 0 Å². The zero-order valence-corrected chi connectivity index (χ0v) is 13.9. The molecule has 1 fully saturated rings. The van der Waals surface area contributed by atoms with Crippen molar-refractivity contribution in [2.45, 2.75) is 6.92 Å². The van der Waals surface area contributed by atoms with Gasteiger partial charge in [0.05, 0.1) is 11.8 Å². The van der Waals surface area contributed by atoms with Crippen LogP contribution in [0.25, 0.3) is 6.08 Å². The van der Waals surface area contributed by atoms with Crippen molar-refractivity contribution in [3.8, 4) is 0 Å². The number of carbonyl (C=O) groups is 3. The van der Waals surface area contributed by atoms with E-state index in [0.29, 0.717) is 5.02 Å². The minimum Gasteiger partial charge on any atom is -0.401 e. The molecular weight excluding hydrogens is 366 g/mol. The number of nitrogens with zero attached hydrogens (tertiary/aromatic N) is 2. The lowest BCUT2D eigenvalue weighted by atomic mass is 10.1. The normalized spacial score (nSPS) is 16.2. The Labute approximate surface area is 151 Å². The molecule has 3 rings (SSSR count). The van der Waals surface area contributed by atoms with Gasteiger partial charge in [0.2, 0.25) is 0 Å². The van der Waals surface area contributed by atoms with Crippen LogP contribution in [0.2, 0.25) is 5.02 Å². The Bertz CT molecular complexity index is 994. The first kappa shape index (κ1) is 17.4. The lowest BCUT2D eigenvalue weighted by Crippen LogP contribution is -2.54. The van der Waals surface area contributed by atoms with E-state index >= 15 is 0 Å². The van der Waals surface area contributed by atoms with Crippen molar-refractivity contribution in [1.29, 1.82) is 0 Å². The van der Waals surface area contributed by atoms with Gasteiger partial charge in [-0.3, -0.25) is 25.0 Å². The Morgan fingerprint density at radius 3 is 2.58 bits per heavy atom. The number of carbonyl (C=O) groups excluding carboxylic acids is 3. The fourth-order valence-electron chi connectivity index (χ4n) is 2.27. The number of hydrogen-bond donors (Lipinski definition) is 1. The molecule has 1 aromatic carbocycles. The first-order valence-electron chi connectivity index (χ1n) is 7.20. The second-order valence-electron chi connectivity index (χ2n) is 5.32. The smallest absolute Gasteiger partial charge is 0.401 e. The van der Waals surface area contributed by atoms with E-state index in [1.165, 1.54) is 18.2 Å². The summed E-state index contributed by atoms with van der Waals surface area (Å²) >= 11 is 6.03. The molecule has 0 spiro atoms. The van der Waals surface area contributed by atoms with Crippen molar-refractivity contribution in [3.05, 3.63) is 62.4 Å². The van der Waals surface area contributed by atoms with Gasteiger partial charge in [-0.05, 0) is 36.8 Å². The van der Waals surface area contributed by atoms with Gasteiger partial charge in [-0.15, -0.1) is 0 Å². The molecule has 1 N–H and O–H groups in total. The summed E-state index contributed by atoms with van der Waals surface area (Å²) in [5, 5.41) is 13.0. The molecule has 4 amide bonds. The SMILES string of the molecule is Cc1ccc(N2C(=O)NC(=O)C(=Cc3ccc([N+](=O)[O-])o3)C2=O)cc1Cl. The van der Waals surface area contributed by atoms with Crippen molar-refractivity contribution in [1.82, 2.24) is 5.32 Å². The average Bonchev–Trinajstić information content (AvgIpc) is 3.03. The van der Waals surface area contributed by atoms with Gasteiger partial charge in [-0.1, -0.05) is 17.7 Å². The minimum atomic E-state index is -0.937. The Morgan fingerprint density at radius 1 is 1.23 bits per heavy atom. The first-order chi connectivity index (χ1) is 12.3. The molecule has 0 aliphatic carbocycles. The topological polar surface area (TPSA) is 123 Å². The van der Waals surface area contributed by atoms with Gasteiger partial charge >= 0.3 is 11.9 Å². The number of aryl methyl sites for hydroxylation is 1. The highest BCUT2D eigenvalue weighted by molar-refractivity contribution is 6.39. The maximum Gasteiger partial charge on any atom is 0.433 e. The van der Waals surface area contributed by atoms with E-state index in [1.807, 2.05) is 5.32 Å². The van der Waals surface area contributed by atoms with E-state index in [4.69, 9.17) is 16.0 Å². The summed E-state index contributed by atoms with van der Waals surface area (Å²) in [5.41, 5.74) is 0.507. The van der Waals surface area contributed by atoms with Crippen LogP contribution in [0.15, 0.2) is 40.3 Å². The average molecular weight is 376 g/mol. The number of nitrogens with one attached hydrogen (secondary N) is 1. The van der Waals surface area contributed by atoms with E-state index in [-0.39, 0.29) is 11.4 Å². The Morgan fingerprint density at radius 2 is 1.96 bits per heavy atom. The second-order valence-corrected chi connectivity index (χ2v) is 5.73. The molecule has 2 aromatic rings. The summed E-state index contributed by atoms with van der Waals surface area (Å²) in [4.78, 5) is 47.4. The van der Waals surface area contributed by atoms with Crippen LogP contribution in [0.1, 0.15) is 11.3 Å². The summed E-state index contributed by atoms with van der Waals surface area (Å²) in [5.74, 6) is -2.46. The van der Waals surface area contributed by atoms with Crippen molar-refractivity contribution < 1.29 is 23.7 Å². The zero-order chi connectivity index (χ0) is 19.0. The molecular formula is C16H10ClN3O6. The molecule has 0 radical (unpaired) electrons. The third-order valence-corrected chi connectivity index (χ3v) is 4.00. The van der Waals surface area contributed by atoms with Gasteiger partial charge in [-0.25, -0.2) is 9.69 Å². The number of halogens is 1. The lowest BCUT2D eigenvalue weighted by Gasteiger charge is -2.26. The number of hydrogen-bond acceptors (Lipinski definition) is 6. The summed E-state index contributed by atoms with van der Waals surface area (Å²) in [7, 11) is 0. The summed E-state index contributed by atoms with van der Waals surface area (Å²) in [6.45, 7) is 1.75. The van der Waals surface area contributed by atoms with Crippen molar-refractivity contribution in [2.75, 3.05) is 4.90 Å². The van der Waals surface area contributed by atoms with Gasteiger partial charge in [0, 0.05) is 5.02 Å². The number of nitro groups is 1. The third-order valence-electron chi connectivity index (χ3n) is 3.59. The molecule has 0 unspecified atom stereocenters. The number of rotatable bonds is 3. The highest BCUT2D eigenvalue weighted by atomic mass is 35.5. The maximum atomic E-state index is 12.6. The number of benzene rings is 1. The van der Waals surface area contributed by atoms with Crippen LogP contribution < -0.4 is 10.2 Å². The first-order valence-corrected chi connectivity index (χ1v) is 7.57. The molecule has 0 saturated carbocycles. The van der Waals surface area contributed by atoms with Gasteiger partial charge in [0.1, 0.15) is 16.3 Å². The Balaban J connectivity index is 2.00. The quantitative estimate of drug-likeness (QED) is 0.381. The minimum absolute atomic E-state index is 0.0774. The number of urea groups is 1. The molecule has 132 valence electrons. The van der Waals surface area contributed by atoms with Gasteiger partial charge in [0.15, 0.2) is 0 Å². The third kappa shape index (κ3) is 3.07. The van der Waals surface area contributed by atoms with E-state index in [1.54, 1.807) is 13.0 Å². The maximum absolute atomic E-state index is 12.6. The fourth-order valence-corrected chi connectivity index (χ4v) is 2.45. The standard InChI is InChI=1S/C16H10ClN3O6/c1-8-2-3-9(6-12(8)17)19-15(22)11(14(21)18-16(19)23)7-10-4-5-13(26-10)20(24)25/h2-7H,1H3,(H,18,21,23). The zero-order valence-electron chi connectivity index (χ0n) is 13.2. The van der Waals surface area contributed by atoms with Crippen LogP contribution in [0, 0.1) is 17.0 Å². The Kier molecular flexibility index (Phi) is 4.31. The van der Waals surface area contributed by atoms with Crippen LogP contribution in [-0.4, -0.2) is 22.8 Å². The monoisotopic (exact) mass is 375 g/mol. The van der Waals surface area contributed by atoms with E-state index in [9.17, 15) is 24.5 Å². The molecule has 0 bridgehead atoms. The number of anilines is 1. The largest absolute Gasteiger partial charge is 0.433 e. The number of imide groups is 2. The van der Waals surface area contributed by atoms with Crippen LogP contribution in [0.3, 0.4) is 0 Å². The Hall–Kier alpha value is -3.46. The molecule has 2 heterocycles. The predicted molar refractivity (Wildman–Crippen MR) is 90.6 cm³/mol. The van der Waals surface area contributed by atoms with Crippen LogP contribution in [-0.2, 0) is 9.59 Å². The van der Waals surface area contributed by atoms with Crippen LogP contribution in [0.4, 0.5) is 16.4 Å². The van der Waals surface area contributed by atoms with E-state index in [2.05, 4.69) is 0 Å². The molecule has 1 aliphatic rings. The van der Waals surface area contributed by atoms with Crippen LogP contribution in [0.5, 0.6) is 0 Å². The predicted octanol–water partition coefficient (Wildman–Crippen LogP) is 2.82. The van der Waals surface area contributed by atoms with Gasteiger partial charge in [-0.2, -0.15) is 0 Å². The van der Waals surface area contributed by atoms with E-state index < -0.39 is 34.2 Å².